The molecule has 7 nitrogen and oxygen atoms in total. The number of carboxylic acid groups (broad SMARTS) is 1. The van der Waals surface area contributed by atoms with E-state index in [1.165, 1.54) is 4.57 Å². The quantitative estimate of drug-likeness (QED) is 0.743. The van der Waals surface area contributed by atoms with E-state index in [0.29, 0.717) is 17.0 Å². The van der Waals surface area contributed by atoms with Crippen LogP contribution in [0.5, 0.6) is 0 Å². The Morgan fingerprint density at radius 3 is 2.59 bits per heavy atom. The van der Waals surface area contributed by atoms with E-state index < -0.39 is 12.1 Å². The van der Waals surface area contributed by atoms with Crippen LogP contribution in [0.3, 0.4) is 0 Å². The standard InChI is InChI=1S/C20H16N4O3/c21-11-13-5-4-8-15-16(13)19(25)24(14-6-2-1-3-7-14)18(22-15)17(12-9-10-12)23-20(26)27/h1-8,12,17,23H,9-10H2,(H,26,27). The number of nitrogens with one attached hydrogen (secondary N) is 1. The van der Waals surface area contributed by atoms with E-state index >= 15 is 0 Å². The summed E-state index contributed by atoms with van der Waals surface area (Å²) in [7, 11) is 0. The van der Waals surface area contributed by atoms with Crippen molar-refractivity contribution >= 4 is 17.0 Å². The van der Waals surface area contributed by atoms with E-state index in [9.17, 15) is 20.0 Å². The van der Waals surface area contributed by atoms with Crippen LogP contribution in [0.2, 0.25) is 0 Å². The zero-order valence-electron chi connectivity index (χ0n) is 14.3. The van der Waals surface area contributed by atoms with Crippen molar-refractivity contribution in [2.75, 3.05) is 0 Å². The monoisotopic (exact) mass is 360 g/mol. The molecule has 1 saturated carbocycles. The van der Waals surface area contributed by atoms with Crippen LogP contribution in [0.15, 0.2) is 53.3 Å². The van der Waals surface area contributed by atoms with E-state index in [2.05, 4.69) is 10.3 Å². The predicted molar refractivity (Wildman–Crippen MR) is 98.7 cm³/mol. The average Bonchev–Trinajstić information content (AvgIpc) is 3.51. The van der Waals surface area contributed by atoms with Gasteiger partial charge in [-0.2, -0.15) is 5.26 Å². The van der Waals surface area contributed by atoms with Gasteiger partial charge in [-0.05, 0) is 43.0 Å². The number of nitriles is 1. The van der Waals surface area contributed by atoms with Gasteiger partial charge in [0.05, 0.1) is 28.2 Å². The Labute approximate surface area is 154 Å². The maximum absolute atomic E-state index is 13.4. The predicted octanol–water partition coefficient (Wildman–Crippen LogP) is 2.98. The first-order chi connectivity index (χ1) is 13.1. The molecule has 27 heavy (non-hydrogen) atoms. The third-order valence-corrected chi connectivity index (χ3v) is 4.71. The summed E-state index contributed by atoms with van der Waals surface area (Å²) >= 11 is 0. The van der Waals surface area contributed by atoms with E-state index in [1.54, 1.807) is 42.5 Å². The summed E-state index contributed by atoms with van der Waals surface area (Å²) in [5, 5.41) is 21.4. The van der Waals surface area contributed by atoms with Gasteiger partial charge in [0, 0.05) is 0 Å². The molecule has 0 bridgehead atoms. The van der Waals surface area contributed by atoms with Crippen LogP contribution < -0.4 is 10.9 Å². The van der Waals surface area contributed by atoms with Gasteiger partial charge in [0.2, 0.25) is 0 Å². The molecule has 0 radical (unpaired) electrons. The maximum atomic E-state index is 13.4. The van der Waals surface area contributed by atoms with E-state index in [0.717, 1.165) is 12.8 Å². The second kappa shape index (κ2) is 6.57. The lowest BCUT2D eigenvalue weighted by atomic mass is 10.1. The number of fused-ring (bicyclic) bond motifs is 1. The van der Waals surface area contributed by atoms with Crippen LogP contribution in [0.4, 0.5) is 4.79 Å². The minimum Gasteiger partial charge on any atom is -0.465 e. The molecule has 4 rings (SSSR count). The molecule has 1 fully saturated rings. The minimum absolute atomic E-state index is 0.0968. The summed E-state index contributed by atoms with van der Waals surface area (Å²) in [6.07, 6.45) is 0.573. The van der Waals surface area contributed by atoms with Gasteiger partial charge in [-0.1, -0.05) is 24.3 Å². The fourth-order valence-corrected chi connectivity index (χ4v) is 3.33. The molecule has 0 saturated heterocycles. The van der Waals surface area contributed by atoms with Crippen molar-refractivity contribution in [1.29, 1.82) is 5.26 Å². The lowest BCUT2D eigenvalue weighted by Crippen LogP contribution is -2.35. The average molecular weight is 360 g/mol. The minimum atomic E-state index is -1.16. The number of rotatable bonds is 4. The number of hydrogen-bond donors (Lipinski definition) is 2. The van der Waals surface area contributed by atoms with Crippen molar-refractivity contribution in [2.45, 2.75) is 18.9 Å². The highest BCUT2D eigenvalue weighted by Crippen LogP contribution is 2.41. The summed E-state index contributed by atoms with van der Waals surface area (Å²) in [5.41, 5.74) is 0.836. The van der Waals surface area contributed by atoms with Crippen LogP contribution in [-0.4, -0.2) is 20.8 Å². The van der Waals surface area contributed by atoms with Crippen LogP contribution >= 0.6 is 0 Å². The number of nitrogens with zero attached hydrogens (tertiary/aromatic N) is 3. The SMILES string of the molecule is N#Cc1cccc2nc(C(NC(=O)O)C3CC3)n(-c3ccccc3)c(=O)c12. The van der Waals surface area contributed by atoms with Gasteiger partial charge in [-0.15, -0.1) is 0 Å². The van der Waals surface area contributed by atoms with Crippen molar-refractivity contribution in [3.8, 4) is 11.8 Å². The van der Waals surface area contributed by atoms with Gasteiger partial charge in [0.25, 0.3) is 5.56 Å². The molecule has 0 spiro atoms. The van der Waals surface area contributed by atoms with Gasteiger partial charge in [0.1, 0.15) is 11.9 Å². The van der Waals surface area contributed by atoms with Crippen LogP contribution in [0.1, 0.15) is 30.3 Å². The molecule has 1 atom stereocenters. The van der Waals surface area contributed by atoms with Crippen molar-refractivity contribution in [1.82, 2.24) is 14.9 Å². The molecule has 3 aromatic rings. The highest BCUT2D eigenvalue weighted by atomic mass is 16.4. The molecular formula is C20H16N4O3. The molecule has 1 aliphatic rings. The smallest absolute Gasteiger partial charge is 0.405 e. The second-order valence-corrected chi connectivity index (χ2v) is 6.52. The number of para-hydroxylation sites is 1. The van der Waals surface area contributed by atoms with Gasteiger partial charge >= 0.3 is 6.09 Å². The van der Waals surface area contributed by atoms with Gasteiger partial charge in [-0.25, -0.2) is 9.78 Å². The Kier molecular flexibility index (Phi) is 4.09. The lowest BCUT2D eigenvalue weighted by Gasteiger charge is -2.21. The molecule has 134 valence electrons. The molecule has 1 heterocycles. The molecule has 2 aromatic carbocycles. The van der Waals surface area contributed by atoms with Crippen molar-refractivity contribution in [2.24, 2.45) is 5.92 Å². The Morgan fingerprint density at radius 2 is 1.96 bits per heavy atom. The normalized spacial score (nSPS) is 14.5. The summed E-state index contributed by atoms with van der Waals surface area (Å²) in [5.74, 6) is 0.443. The molecular weight excluding hydrogens is 344 g/mol. The first kappa shape index (κ1) is 16.8. The third-order valence-electron chi connectivity index (χ3n) is 4.71. The van der Waals surface area contributed by atoms with Crippen LogP contribution in [0, 0.1) is 17.2 Å². The van der Waals surface area contributed by atoms with E-state index in [4.69, 9.17) is 0 Å². The Morgan fingerprint density at radius 1 is 1.22 bits per heavy atom. The molecule has 1 amide bonds. The van der Waals surface area contributed by atoms with Gasteiger partial charge in [-0.3, -0.25) is 9.36 Å². The summed E-state index contributed by atoms with van der Waals surface area (Å²) < 4.78 is 1.42. The molecule has 7 heteroatoms. The first-order valence-electron chi connectivity index (χ1n) is 8.61. The highest BCUT2D eigenvalue weighted by Gasteiger charge is 2.37. The van der Waals surface area contributed by atoms with Crippen molar-refractivity contribution in [3.05, 3.63) is 70.3 Å². The molecule has 1 aliphatic carbocycles. The van der Waals surface area contributed by atoms with Crippen LogP contribution in [0.25, 0.3) is 16.6 Å². The van der Waals surface area contributed by atoms with Crippen molar-refractivity contribution in [3.63, 3.8) is 0 Å². The van der Waals surface area contributed by atoms with Gasteiger partial charge < -0.3 is 10.4 Å². The Hall–Kier alpha value is -3.66. The third kappa shape index (κ3) is 3.02. The zero-order chi connectivity index (χ0) is 19.0. The summed E-state index contributed by atoms with van der Waals surface area (Å²) in [6.45, 7) is 0. The largest absolute Gasteiger partial charge is 0.465 e. The zero-order valence-corrected chi connectivity index (χ0v) is 14.3. The van der Waals surface area contributed by atoms with E-state index in [1.807, 2.05) is 12.1 Å². The number of amides is 1. The first-order valence-corrected chi connectivity index (χ1v) is 8.61. The van der Waals surface area contributed by atoms with Crippen LogP contribution in [-0.2, 0) is 0 Å². The summed E-state index contributed by atoms with van der Waals surface area (Å²) in [4.78, 5) is 29.3. The lowest BCUT2D eigenvalue weighted by molar-refractivity contribution is 0.187. The fraction of sp³-hybridized carbons (Fsp3) is 0.200. The Balaban J connectivity index is 2.07. The number of aromatic nitrogens is 2. The Bertz CT molecular complexity index is 1130. The molecule has 1 unspecified atom stereocenters. The number of benzene rings is 2. The summed E-state index contributed by atoms with van der Waals surface area (Å²) in [6, 6.07) is 15.3. The van der Waals surface area contributed by atoms with Gasteiger partial charge in [0.15, 0.2) is 0 Å². The second-order valence-electron chi connectivity index (χ2n) is 6.52. The molecule has 0 aliphatic heterocycles. The van der Waals surface area contributed by atoms with Crippen molar-refractivity contribution < 1.29 is 9.90 Å². The van der Waals surface area contributed by atoms with E-state index in [-0.39, 0.29) is 22.4 Å². The maximum Gasteiger partial charge on any atom is 0.405 e. The molecule has 2 N–H and O–H groups in total. The fourth-order valence-electron chi connectivity index (χ4n) is 3.33. The highest BCUT2D eigenvalue weighted by molar-refractivity contribution is 5.84. The molecule has 1 aromatic heterocycles. The topological polar surface area (TPSA) is 108 Å². The number of hydrogen-bond acceptors (Lipinski definition) is 4. The number of carbonyl (C=O) groups is 1.